The molecule has 5 heteroatoms. The number of amides is 2. The standard InChI is InChI=1S/C23H30N2O2S/c1-5-24-23(27)19(4)25(16-20-9-7-6-8-18(20)3)22(26)14-15-28-21-12-10-17(2)11-13-21/h6-13,19H,5,14-16H2,1-4H3,(H,24,27). The molecule has 0 aliphatic heterocycles. The van der Waals surface area contributed by atoms with Gasteiger partial charge in [0.05, 0.1) is 0 Å². The van der Waals surface area contributed by atoms with E-state index < -0.39 is 6.04 Å². The summed E-state index contributed by atoms with van der Waals surface area (Å²) < 4.78 is 0. The van der Waals surface area contributed by atoms with E-state index in [0.29, 0.717) is 25.3 Å². The lowest BCUT2D eigenvalue weighted by Gasteiger charge is -2.29. The lowest BCUT2D eigenvalue weighted by molar-refractivity contribution is -0.140. The molecule has 0 fully saturated rings. The molecular weight excluding hydrogens is 368 g/mol. The maximum absolute atomic E-state index is 13.0. The maximum Gasteiger partial charge on any atom is 0.242 e. The summed E-state index contributed by atoms with van der Waals surface area (Å²) in [6.07, 6.45) is 0.397. The van der Waals surface area contributed by atoms with Crippen LogP contribution in [0.15, 0.2) is 53.4 Å². The number of aryl methyl sites for hydroxylation is 2. The molecule has 28 heavy (non-hydrogen) atoms. The van der Waals surface area contributed by atoms with Gasteiger partial charge in [-0.15, -0.1) is 11.8 Å². The van der Waals surface area contributed by atoms with Gasteiger partial charge in [0, 0.05) is 30.2 Å². The molecule has 0 bridgehead atoms. The van der Waals surface area contributed by atoms with Crippen molar-refractivity contribution < 1.29 is 9.59 Å². The van der Waals surface area contributed by atoms with E-state index in [-0.39, 0.29) is 11.8 Å². The van der Waals surface area contributed by atoms with E-state index >= 15 is 0 Å². The Morgan fingerprint density at radius 1 is 1.07 bits per heavy atom. The molecule has 2 rings (SSSR count). The smallest absolute Gasteiger partial charge is 0.242 e. The van der Waals surface area contributed by atoms with Crippen LogP contribution in [0.3, 0.4) is 0 Å². The number of likely N-dealkylation sites (N-methyl/N-ethyl adjacent to an activating group) is 1. The first-order valence-corrected chi connectivity index (χ1v) is 10.7. The van der Waals surface area contributed by atoms with Crippen molar-refractivity contribution in [3.63, 3.8) is 0 Å². The molecular formula is C23H30N2O2S. The average molecular weight is 399 g/mol. The molecule has 0 radical (unpaired) electrons. The molecule has 0 saturated carbocycles. The third kappa shape index (κ3) is 6.41. The van der Waals surface area contributed by atoms with Crippen LogP contribution in [-0.4, -0.2) is 35.1 Å². The molecule has 0 aliphatic carbocycles. The second kappa shape index (κ2) is 10.9. The van der Waals surface area contributed by atoms with E-state index in [0.717, 1.165) is 16.0 Å². The van der Waals surface area contributed by atoms with Gasteiger partial charge in [0.25, 0.3) is 0 Å². The van der Waals surface area contributed by atoms with Crippen LogP contribution < -0.4 is 5.32 Å². The number of nitrogens with zero attached hydrogens (tertiary/aromatic N) is 1. The molecule has 0 heterocycles. The third-order valence-electron chi connectivity index (χ3n) is 4.73. The van der Waals surface area contributed by atoms with Gasteiger partial charge in [-0.3, -0.25) is 9.59 Å². The topological polar surface area (TPSA) is 49.4 Å². The third-order valence-corrected chi connectivity index (χ3v) is 5.74. The second-order valence-corrected chi connectivity index (χ2v) is 8.10. The van der Waals surface area contributed by atoms with E-state index in [2.05, 4.69) is 36.5 Å². The Morgan fingerprint density at radius 2 is 1.75 bits per heavy atom. The Morgan fingerprint density at radius 3 is 2.39 bits per heavy atom. The summed E-state index contributed by atoms with van der Waals surface area (Å²) in [5, 5.41) is 2.83. The fourth-order valence-electron chi connectivity index (χ4n) is 2.91. The summed E-state index contributed by atoms with van der Waals surface area (Å²) in [5.41, 5.74) is 3.41. The van der Waals surface area contributed by atoms with Gasteiger partial charge in [-0.25, -0.2) is 0 Å². The van der Waals surface area contributed by atoms with Crippen LogP contribution in [0.2, 0.25) is 0 Å². The van der Waals surface area contributed by atoms with Gasteiger partial charge in [0.15, 0.2) is 0 Å². The van der Waals surface area contributed by atoms with Crippen molar-refractivity contribution in [2.45, 2.75) is 51.6 Å². The first kappa shape index (κ1) is 22.0. The number of hydrogen-bond donors (Lipinski definition) is 1. The summed E-state index contributed by atoms with van der Waals surface area (Å²) in [5.74, 6) is 0.575. The van der Waals surface area contributed by atoms with Crippen molar-refractivity contribution in [2.75, 3.05) is 12.3 Å². The summed E-state index contributed by atoms with van der Waals surface area (Å²) in [6.45, 7) is 8.77. The number of nitrogens with one attached hydrogen (secondary N) is 1. The maximum atomic E-state index is 13.0. The zero-order valence-corrected chi connectivity index (χ0v) is 18.0. The van der Waals surface area contributed by atoms with Crippen molar-refractivity contribution in [2.24, 2.45) is 0 Å². The highest BCUT2D eigenvalue weighted by atomic mass is 32.2. The Kier molecular flexibility index (Phi) is 8.58. The van der Waals surface area contributed by atoms with Gasteiger partial charge in [0.1, 0.15) is 6.04 Å². The fourth-order valence-corrected chi connectivity index (χ4v) is 3.75. The van der Waals surface area contributed by atoms with Crippen LogP contribution in [0.4, 0.5) is 0 Å². The quantitative estimate of drug-likeness (QED) is 0.639. The minimum atomic E-state index is -0.503. The monoisotopic (exact) mass is 398 g/mol. The van der Waals surface area contributed by atoms with Gasteiger partial charge < -0.3 is 10.2 Å². The lowest BCUT2D eigenvalue weighted by atomic mass is 10.1. The van der Waals surface area contributed by atoms with Gasteiger partial charge in [-0.2, -0.15) is 0 Å². The Balaban J connectivity index is 2.06. The van der Waals surface area contributed by atoms with E-state index in [1.165, 1.54) is 5.56 Å². The highest BCUT2D eigenvalue weighted by Gasteiger charge is 2.25. The summed E-state index contributed by atoms with van der Waals surface area (Å²) in [6, 6.07) is 15.8. The molecule has 0 spiro atoms. The molecule has 2 amide bonds. The van der Waals surface area contributed by atoms with Crippen molar-refractivity contribution in [3.8, 4) is 0 Å². The number of rotatable bonds is 9. The molecule has 2 aromatic rings. The van der Waals surface area contributed by atoms with Gasteiger partial charge >= 0.3 is 0 Å². The molecule has 0 saturated heterocycles. The van der Waals surface area contributed by atoms with Crippen molar-refractivity contribution >= 4 is 23.6 Å². The Bertz CT molecular complexity index is 789. The molecule has 1 N–H and O–H groups in total. The van der Waals surface area contributed by atoms with Gasteiger partial charge in [-0.05, 0) is 51.0 Å². The van der Waals surface area contributed by atoms with E-state index in [4.69, 9.17) is 0 Å². The molecule has 0 aromatic heterocycles. The number of carbonyl (C=O) groups excluding carboxylic acids is 2. The predicted octanol–water partition coefficient (Wildman–Crippen LogP) is 4.34. The normalized spacial score (nSPS) is 11.7. The highest BCUT2D eigenvalue weighted by molar-refractivity contribution is 7.99. The average Bonchev–Trinajstić information content (AvgIpc) is 2.68. The highest BCUT2D eigenvalue weighted by Crippen LogP contribution is 2.21. The zero-order chi connectivity index (χ0) is 20.5. The SMILES string of the molecule is CCNC(=O)C(C)N(Cc1ccccc1C)C(=O)CCSc1ccc(C)cc1. The molecule has 4 nitrogen and oxygen atoms in total. The van der Waals surface area contributed by atoms with Crippen molar-refractivity contribution in [1.29, 1.82) is 0 Å². The Labute approximate surface area is 172 Å². The first-order valence-electron chi connectivity index (χ1n) is 9.73. The molecule has 150 valence electrons. The van der Waals surface area contributed by atoms with Gasteiger partial charge in [0.2, 0.25) is 11.8 Å². The van der Waals surface area contributed by atoms with Crippen LogP contribution in [0, 0.1) is 13.8 Å². The fraction of sp³-hybridized carbons (Fsp3) is 0.391. The minimum absolute atomic E-state index is 0.00150. The molecule has 1 atom stereocenters. The molecule has 1 unspecified atom stereocenters. The number of hydrogen-bond acceptors (Lipinski definition) is 3. The Hall–Kier alpha value is -2.27. The van der Waals surface area contributed by atoms with Crippen LogP contribution in [0.25, 0.3) is 0 Å². The van der Waals surface area contributed by atoms with Crippen LogP contribution in [0.5, 0.6) is 0 Å². The summed E-state index contributed by atoms with van der Waals surface area (Å²) >= 11 is 1.67. The predicted molar refractivity (Wildman–Crippen MR) is 116 cm³/mol. The number of benzene rings is 2. The van der Waals surface area contributed by atoms with Crippen LogP contribution in [0.1, 0.15) is 37.0 Å². The number of carbonyl (C=O) groups is 2. The van der Waals surface area contributed by atoms with Gasteiger partial charge in [-0.1, -0.05) is 42.0 Å². The van der Waals surface area contributed by atoms with Crippen molar-refractivity contribution in [3.05, 3.63) is 65.2 Å². The van der Waals surface area contributed by atoms with E-state index in [9.17, 15) is 9.59 Å². The molecule has 2 aromatic carbocycles. The minimum Gasteiger partial charge on any atom is -0.355 e. The summed E-state index contributed by atoms with van der Waals surface area (Å²) in [7, 11) is 0. The number of thioether (sulfide) groups is 1. The lowest BCUT2D eigenvalue weighted by Crippen LogP contribution is -2.47. The van der Waals surface area contributed by atoms with E-state index in [1.54, 1.807) is 23.6 Å². The zero-order valence-electron chi connectivity index (χ0n) is 17.2. The van der Waals surface area contributed by atoms with Crippen LogP contribution in [-0.2, 0) is 16.1 Å². The molecule has 0 aliphatic rings. The summed E-state index contributed by atoms with van der Waals surface area (Å²) in [4.78, 5) is 28.2. The largest absolute Gasteiger partial charge is 0.355 e. The van der Waals surface area contributed by atoms with Crippen LogP contribution >= 0.6 is 11.8 Å². The van der Waals surface area contributed by atoms with Crippen molar-refractivity contribution in [1.82, 2.24) is 10.2 Å². The second-order valence-electron chi connectivity index (χ2n) is 6.93. The first-order chi connectivity index (χ1) is 13.4. The van der Waals surface area contributed by atoms with E-state index in [1.807, 2.05) is 38.1 Å².